The van der Waals surface area contributed by atoms with Gasteiger partial charge in [-0.1, -0.05) is 18.6 Å². The lowest BCUT2D eigenvalue weighted by Gasteiger charge is -2.40. The molecule has 4 rings (SSSR count). The van der Waals surface area contributed by atoms with Crippen molar-refractivity contribution < 1.29 is 4.74 Å². The highest BCUT2D eigenvalue weighted by molar-refractivity contribution is 5.85. The average molecular weight is 350 g/mol. The molecule has 2 atom stereocenters. The molecule has 0 amide bonds. The molecule has 1 aromatic carbocycles. The summed E-state index contributed by atoms with van der Waals surface area (Å²) in [4.78, 5) is 9.67. The van der Waals surface area contributed by atoms with Crippen LogP contribution in [0.5, 0.6) is 0 Å². The number of hydrogen-bond acceptors (Lipinski definition) is 5. The van der Waals surface area contributed by atoms with E-state index in [1.165, 1.54) is 32.4 Å². The molecule has 2 aromatic rings. The fourth-order valence-corrected chi connectivity index (χ4v) is 4.17. The molecule has 26 heavy (non-hydrogen) atoms. The van der Waals surface area contributed by atoms with Gasteiger partial charge in [0.1, 0.15) is 11.9 Å². The molecule has 5 nitrogen and oxygen atoms in total. The number of nitriles is 1. The van der Waals surface area contributed by atoms with Crippen molar-refractivity contribution in [1.82, 2.24) is 9.88 Å². The molecule has 0 saturated carbocycles. The Kier molecular flexibility index (Phi) is 5.05. The van der Waals surface area contributed by atoms with Crippen LogP contribution in [0.4, 0.5) is 5.82 Å². The van der Waals surface area contributed by atoms with Gasteiger partial charge in [-0.15, -0.1) is 0 Å². The van der Waals surface area contributed by atoms with Crippen LogP contribution >= 0.6 is 0 Å². The first kappa shape index (κ1) is 17.3. The largest absolute Gasteiger partial charge is 0.370 e. The summed E-state index contributed by atoms with van der Waals surface area (Å²) in [6.45, 7) is 7.20. The Morgan fingerprint density at radius 2 is 2.00 bits per heavy atom. The van der Waals surface area contributed by atoms with Crippen molar-refractivity contribution in [2.24, 2.45) is 0 Å². The number of anilines is 1. The molecule has 136 valence electrons. The number of benzene rings is 1. The lowest BCUT2D eigenvalue weighted by Crippen LogP contribution is -2.51. The van der Waals surface area contributed by atoms with E-state index in [1.807, 2.05) is 18.2 Å². The van der Waals surface area contributed by atoms with E-state index in [0.717, 1.165) is 36.4 Å². The number of nitrogens with zero attached hydrogens (tertiary/aromatic N) is 4. The van der Waals surface area contributed by atoms with E-state index in [2.05, 4.69) is 34.9 Å². The highest BCUT2D eigenvalue weighted by atomic mass is 16.5. The van der Waals surface area contributed by atoms with Crippen LogP contribution in [0.15, 0.2) is 30.3 Å². The fourth-order valence-electron chi connectivity index (χ4n) is 4.17. The number of fused-ring (bicyclic) bond motifs is 1. The summed E-state index contributed by atoms with van der Waals surface area (Å²) in [6, 6.07) is 12.1. The van der Waals surface area contributed by atoms with Crippen LogP contribution in [0.3, 0.4) is 0 Å². The van der Waals surface area contributed by atoms with Gasteiger partial charge < -0.3 is 14.5 Å². The monoisotopic (exact) mass is 350 g/mol. The van der Waals surface area contributed by atoms with Gasteiger partial charge in [0.2, 0.25) is 0 Å². The van der Waals surface area contributed by atoms with Gasteiger partial charge >= 0.3 is 0 Å². The molecule has 5 heteroatoms. The molecule has 3 heterocycles. The second-order valence-corrected chi connectivity index (χ2v) is 7.49. The summed E-state index contributed by atoms with van der Waals surface area (Å²) in [5.74, 6) is 0.944. The van der Waals surface area contributed by atoms with E-state index in [-0.39, 0.29) is 12.2 Å². The Balaban J connectivity index is 1.54. The minimum atomic E-state index is 0.183. The van der Waals surface area contributed by atoms with Gasteiger partial charge in [-0.25, -0.2) is 4.98 Å². The lowest BCUT2D eigenvalue weighted by atomic mass is 10.1. The van der Waals surface area contributed by atoms with E-state index >= 15 is 0 Å². The Hall–Kier alpha value is -2.16. The van der Waals surface area contributed by atoms with Crippen molar-refractivity contribution in [2.75, 3.05) is 37.6 Å². The maximum Gasteiger partial charge on any atom is 0.129 e. The molecule has 2 fully saturated rings. The zero-order valence-electron chi connectivity index (χ0n) is 15.4. The fraction of sp³-hybridized carbons (Fsp3) is 0.524. The van der Waals surface area contributed by atoms with Crippen molar-refractivity contribution in [3.8, 4) is 6.07 Å². The van der Waals surface area contributed by atoms with Crippen molar-refractivity contribution in [3.05, 3.63) is 35.9 Å². The minimum absolute atomic E-state index is 0.183. The van der Waals surface area contributed by atoms with Gasteiger partial charge in [-0.05, 0) is 51.1 Å². The minimum Gasteiger partial charge on any atom is -0.370 e. The van der Waals surface area contributed by atoms with Gasteiger partial charge in [0, 0.05) is 25.0 Å². The molecule has 0 bridgehead atoms. The number of piperidine rings is 1. The van der Waals surface area contributed by atoms with Crippen molar-refractivity contribution >= 4 is 16.7 Å². The van der Waals surface area contributed by atoms with Crippen LogP contribution in [0.1, 0.15) is 31.7 Å². The smallest absolute Gasteiger partial charge is 0.129 e. The maximum absolute atomic E-state index is 9.37. The molecule has 2 unspecified atom stereocenters. The third-order valence-electron chi connectivity index (χ3n) is 5.39. The first-order valence-corrected chi connectivity index (χ1v) is 9.65. The van der Waals surface area contributed by atoms with Crippen molar-refractivity contribution in [3.63, 3.8) is 0 Å². The Morgan fingerprint density at radius 1 is 1.15 bits per heavy atom. The van der Waals surface area contributed by atoms with Crippen LogP contribution < -0.4 is 4.90 Å². The summed E-state index contributed by atoms with van der Waals surface area (Å²) in [5, 5.41) is 10.4. The summed E-state index contributed by atoms with van der Waals surface area (Å²) >= 11 is 0. The molecule has 0 N–H and O–H groups in total. The summed E-state index contributed by atoms with van der Waals surface area (Å²) in [6.07, 6.45) is 4.35. The molecule has 2 aliphatic rings. The zero-order chi connectivity index (χ0) is 17.9. The molecule has 1 aromatic heterocycles. The van der Waals surface area contributed by atoms with E-state index in [0.29, 0.717) is 5.56 Å². The predicted molar refractivity (Wildman–Crippen MR) is 103 cm³/mol. The number of hydrogen-bond donors (Lipinski definition) is 0. The standard InChI is InChI=1S/C21H26N4O/c1-16-13-25(15-19(26-16)14-24-10-3-2-4-11-24)20-9-8-17-6-5-7-18(12-22)21(17)23-20/h5-9,16,19H,2-4,10-11,13-15H2,1H3. The third kappa shape index (κ3) is 3.67. The van der Waals surface area contributed by atoms with Crippen LogP contribution in [-0.2, 0) is 4.74 Å². The number of morpholine rings is 1. The van der Waals surface area contributed by atoms with Gasteiger partial charge in [-0.3, -0.25) is 0 Å². The first-order chi connectivity index (χ1) is 12.7. The summed E-state index contributed by atoms with van der Waals surface area (Å²) in [7, 11) is 0. The molecule has 2 saturated heterocycles. The molecular formula is C21H26N4O. The predicted octanol–water partition coefficient (Wildman–Crippen LogP) is 3.19. The van der Waals surface area contributed by atoms with E-state index < -0.39 is 0 Å². The molecular weight excluding hydrogens is 324 g/mol. The zero-order valence-corrected chi connectivity index (χ0v) is 15.4. The topological polar surface area (TPSA) is 52.4 Å². The van der Waals surface area contributed by atoms with Crippen LogP contribution in [-0.4, -0.2) is 54.8 Å². The Labute approximate surface area is 155 Å². The van der Waals surface area contributed by atoms with E-state index in [9.17, 15) is 5.26 Å². The lowest BCUT2D eigenvalue weighted by molar-refractivity contribution is -0.0345. The number of para-hydroxylation sites is 1. The van der Waals surface area contributed by atoms with Gasteiger partial charge in [-0.2, -0.15) is 5.26 Å². The Bertz CT molecular complexity index is 809. The molecule has 0 radical (unpaired) electrons. The second-order valence-electron chi connectivity index (χ2n) is 7.49. The molecule has 0 aliphatic carbocycles. The third-order valence-corrected chi connectivity index (χ3v) is 5.39. The van der Waals surface area contributed by atoms with Crippen LogP contribution in [0, 0.1) is 11.3 Å². The van der Waals surface area contributed by atoms with Gasteiger partial charge in [0.25, 0.3) is 0 Å². The highest BCUT2D eigenvalue weighted by Gasteiger charge is 2.28. The Morgan fingerprint density at radius 3 is 2.81 bits per heavy atom. The number of ether oxygens (including phenoxy) is 1. The SMILES string of the molecule is CC1CN(c2ccc3cccc(C#N)c3n2)CC(CN2CCCCC2)O1. The summed E-state index contributed by atoms with van der Waals surface area (Å²) < 4.78 is 6.21. The second kappa shape index (κ2) is 7.61. The number of pyridine rings is 1. The number of aromatic nitrogens is 1. The summed E-state index contributed by atoms with van der Waals surface area (Å²) in [5.41, 5.74) is 1.43. The van der Waals surface area contributed by atoms with Crippen LogP contribution in [0.25, 0.3) is 10.9 Å². The van der Waals surface area contributed by atoms with Crippen LogP contribution in [0.2, 0.25) is 0 Å². The van der Waals surface area contributed by atoms with Crippen molar-refractivity contribution in [2.45, 2.75) is 38.4 Å². The van der Waals surface area contributed by atoms with Crippen molar-refractivity contribution in [1.29, 1.82) is 5.26 Å². The maximum atomic E-state index is 9.37. The van der Waals surface area contributed by atoms with E-state index in [4.69, 9.17) is 9.72 Å². The molecule has 2 aliphatic heterocycles. The quantitative estimate of drug-likeness (QED) is 0.851. The first-order valence-electron chi connectivity index (χ1n) is 9.65. The normalized spacial score (nSPS) is 24.5. The van der Waals surface area contributed by atoms with E-state index in [1.54, 1.807) is 0 Å². The number of rotatable bonds is 3. The average Bonchev–Trinajstić information content (AvgIpc) is 2.67. The number of likely N-dealkylation sites (tertiary alicyclic amines) is 1. The molecule has 0 spiro atoms. The van der Waals surface area contributed by atoms with Gasteiger partial charge in [0.05, 0.1) is 23.3 Å². The van der Waals surface area contributed by atoms with Gasteiger partial charge in [0.15, 0.2) is 0 Å². The highest BCUT2D eigenvalue weighted by Crippen LogP contribution is 2.24.